The lowest BCUT2D eigenvalue weighted by Crippen LogP contribution is -2.37. The highest BCUT2D eigenvalue weighted by Crippen LogP contribution is 2.38. The largest absolute Gasteiger partial charge is 0.756 e. The van der Waals surface area contributed by atoms with Crippen LogP contribution in [0.15, 0.2) is 24.3 Å². The van der Waals surface area contributed by atoms with Gasteiger partial charge in [0.25, 0.3) is 7.82 Å². The van der Waals surface area contributed by atoms with Crippen LogP contribution in [0.3, 0.4) is 0 Å². The number of rotatable bonds is 37. The van der Waals surface area contributed by atoms with Gasteiger partial charge in [0.05, 0.1) is 27.7 Å². The molecule has 0 rings (SSSR count). The van der Waals surface area contributed by atoms with E-state index in [1.54, 1.807) is 0 Å². The summed E-state index contributed by atoms with van der Waals surface area (Å²) in [7, 11) is 1.16. The van der Waals surface area contributed by atoms with Gasteiger partial charge in [-0.1, -0.05) is 128 Å². The summed E-state index contributed by atoms with van der Waals surface area (Å²) < 4.78 is 33.8. The minimum atomic E-state index is -4.62. The third-order valence-electron chi connectivity index (χ3n) is 8.69. The highest BCUT2D eigenvalue weighted by molar-refractivity contribution is 7.45. The van der Waals surface area contributed by atoms with Gasteiger partial charge < -0.3 is 27.9 Å². The van der Waals surface area contributed by atoms with E-state index in [1.165, 1.54) is 83.5 Å². The number of carbonyl (C=O) groups is 2. The zero-order chi connectivity index (χ0) is 37.9. The Labute approximate surface area is 313 Å². The van der Waals surface area contributed by atoms with Gasteiger partial charge in [0.15, 0.2) is 6.10 Å². The Balaban J connectivity index is 4.40. The van der Waals surface area contributed by atoms with Gasteiger partial charge in [0.2, 0.25) is 0 Å². The fourth-order valence-electron chi connectivity index (χ4n) is 5.39. The number of phosphoric ester groups is 1. The summed E-state index contributed by atoms with van der Waals surface area (Å²) in [6, 6.07) is 0. The van der Waals surface area contributed by atoms with E-state index in [0.29, 0.717) is 17.4 Å². The molecule has 0 aromatic heterocycles. The number of phosphoric acid groups is 1. The maximum Gasteiger partial charge on any atom is 0.306 e. The fourth-order valence-corrected chi connectivity index (χ4v) is 6.12. The molecular weight excluding hydrogens is 665 g/mol. The Morgan fingerprint density at radius 1 is 0.588 bits per heavy atom. The first-order valence-electron chi connectivity index (χ1n) is 20.5. The number of quaternary nitrogens is 1. The zero-order valence-corrected chi connectivity index (χ0v) is 34.4. The molecule has 0 aliphatic heterocycles. The quantitative estimate of drug-likeness (QED) is 0.0203. The fraction of sp³-hybridized carbons (Fsp3) is 0.854. The summed E-state index contributed by atoms with van der Waals surface area (Å²) in [5.74, 6) is -0.847. The first-order chi connectivity index (χ1) is 24.5. The van der Waals surface area contributed by atoms with E-state index in [4.69, 9.17) is 18.5 Å². The molecule has 1 unspecified atom stereocenters. The SMILES string of the molecule is CCCC/C=C/CCCCCCCCCCCC(=O)O[C@H](COC(=O)CCCCCCC/C=C/CCCCC)COP(=O)([O-])OCC[N+](C)(C)C. The van der Waals surface area contributed by atoms with Crippen LogP contribution < -0.4 is 4.89 Å². The lowest BCUT2D eigenvalue weighted by Gasteiger charge is -2.28. The van der Waals surface area contributed by atoms with Crippen molar-refractivity contribution in [3.05, 3.63) is 24.3 Å². The van der Waals surface area contributed by atoms with Crippen molar-refractivity contribution >= 4 is 19.8 Å². The van der Waals surface area contributed by atoms with Gasteiger partial charge in [-0.2, -0.15) is 0 Å². The average Bonchev–Trinajstić information content (AvgIpc) is 3.07. The van der Waals surface area contributed by atoms with Crippen LogP contribution in [0.2, 0.25) is 0 Å². The van der Waals surface area contributed by atoms with E-state index in [-0.39, 0.29) is 26.1 Å². The maximum atomic E-state index is 12.6. The molecule has 0 saturated carbocycles. The molecule has 0 radical (unpaired) electrons. The second kappa shape index (κ2) is 34.3. The van der Waals surface area contributed by atoms with Crippen molar-refractivity contribution in [3.63, 3.8) is 0 Å². The third-order valence-corrected chi connectivity index (χ3v) is 9.66. The van der Waals surface area contributed by atoms with Crippen molar-refractivity contribution in [2.24, 2.45) is 0 Å². The number of carbonyl (C=O) groups excluding carboxylic acids is 2. The highest BCUT2D eigenvalue weighted by Gasteiger charge is 2.21. The normalized spacial score (nSPS) is 13.9. The summed E-state index contributed by atoms with van der Waals surface area (Å²) in [5, 5.41) is 0. The predicted octanol–water partition coefficient (Wildman–Crippen LogP) is 10.6. The van der Waals surface area contributed by atoms with Crippen LogP contribution in [0.4, 0.5) is 0 Å². The van der Waals surface area contributed by atoms with E-state index in [9.17, 15) is 19.0 Å². The molecule has 0 aliphatic carbocycles. The predicted molar refractivity (Wildman–Crippen MR) is 208 cm³/mol. The number of hydrogen-bond acceptors (Lipinski definition) is 8. The maximum absolute atomic E-state index is 12.6. The molecule has 0 spiro atoms. The first-order valence-corrected chi connectivity index (χ1v) is 22.0. The molecule has 0 saturated heterocycles. The summed E-state index contributed by atoms with van der Waals surface area (Å²) in [4.78, 5) is 37.4. The van der Waals surface area contributed by atoms with Crippen LogP contribution in [0, 0.1) is 0 Å². The van der Waals surface area contributed by atoms with Crippen molar-refractivity contribution in [1.29, 1.82) is 0 Å². The molecule has 0 heterocycles. The summed E-state index contributed by atoms with van der Waals surface area (Å²) in [6.45, 7) is 4.15. The van der Waals surface area contributed by atoms with E-state index >= 15 is 0 Å². The summed E-state index contributed by atoms with van der Waals surface area (Å²) in [5.41, 5.74) is 0. The van der Waals surface area contributed by atoms with E-state index in [1.807, 2.05) is 21.1 Å². The Bertz CT molecular complexity index is 933. The zero-order valence-electron chi connectivity index (χ0n) is 33.6. The van der Waals surface area contributed by atoms with Gasteiger partial charge in [-0.3, -0.25) is 14.2 Å². The van der Waals surface area contributed by atoms with E-state index in [0.717, 1.165) is 57.8 Å². The Hall–Kier alpha value is -1.51. The molecule has 0 amide bonds. The number of nitrogens with zero attached hydrogens (tertiary/aromatic N) is 1. The molecule has 0 aromatic carbocycles. The lowest BCUT2D eigenvalue weighted by molar-refractivity contribution is -0.870. The second-order valence-electron chi connectivity index (χ2n) is 15.0. The smallest absolute Gasteiger partial charge is 0.306 e. The Kier molecular flexibility index (Phi) is 33.3. The first kappa shape index (κ1) is 49.5. The van der Waals surface area contributed by atoms with Crippen molar-refractivity contribution in [1.82, 2.24) is 0 Å². The monoisotopic (exact) mass is 744 g/mol. The molecule has 2 atom stereocenters. The van der Waals surface area contributed by atoms with Gasteiger partial charge >= 0.3 is 11.9 Å². The van der Waals surface area contributed by atoms with E-state index < -0.39 is 32.5 Å². The summed E-state index contributed by atoms with van der Waals surface area (Å²) in [6.07, 6.45) is 34.8. The van der Waals surface area contributed by atoms with Crippen molar-refractivity contribution in [2.75, 3.05) is 47.5 Å². The number of hydrogen-bond donors (Lipinski definition) is 0. The van der Waals surface area contributed by atoms with Crippen LogP contribution in [0.1, 0.15) is 174 Å². The molecule has 0 aliphatic rings. The van der Waals surface area contributed by atoms with Crippen molar-refractivity contribution in [3.8, 4) is 0 Å². The molecule has 51 heavy (non-hydrogen) atoms. The molecule has 0 fully saturated rings. The highest BCUT2D eigenvalue weighted by atomic mass is 31.2. The second-order valence-corrected chi connectivity index (χ2v) is 16.4. The molecule has 0 bridgehead atoms. The minimum Gasteiger partial charge on any atom is -0.756 e. The van der Waals surface area contributed by atoms with Crippen LogP contribution in [-0.4, -0.2) is 70.0 Å². The molecule has 0 aromatic rings. The summed E-state index contributed by atoms with van der Waals surface area (Å²) >= 11 is 0. The number of ether oxygens (including phenoxy) is 2. The van der Waals surface area contributed by atoms with Crippen LogP contribution in [-0.2, 0) is 32.7 Å². The molecular formula is C41H78NO8P. The Morgan fingerprint density at radius 3 is 1.51 bits per heavy atom. The third kappa shape index (κ3) is 38.0. The van der Waals surface area contributed by atoms with Gasteiger partial charge in [0.1, 0.15) is 19.8 Å². The van der Waals surface area contributed by atoms with E-state index in [2.05, 4.69) is 38.2 Å². The standard InChI is InChI=1S/C41H78NO8P/c1-6-8-10-12-14-16-18-20-21-22-24-26-28-30-32-34-41(44)50-39(38-49-51(45,46)48-36-35-42(3,4)5)37-47-40(43)33-31-29-27-25-23-19-17-15-13-11-9-7-2/h12,14-15,17,39H,6-11,13,16,18-38H2,1-5H3/b14-12+,17-15+/t39-/m1/s1. The van der Waals surface area contributed by atoms with Gasteiger partial charge in [0, 0.05) is 12.8 Å². The van der Waals surface area contributed by atoms with Gasteiger partial charge in [-0.15, -0.1) is 0 Å². The minimum absolute atomic E-state index is 0.0315. The average molecular weight is 744 g/mol. The molecule has 9 nitrogen and oxygen atoms in total. The molecule has 10 heteroatoms. The van der Waals surface area contributed by atoms with Crippen molar-refractivity contribution in [2.45, 2.75) is 180 Å². The molecule has 300 valence electrons. The van der Waals surface area contributed by atoms with Gasteiger partial charge in [-0.25, -0.2) is 0 Å². The topological polar surface area (TPSA) is 111 Å². The van der Waals surface area contributed by atoms with Crippen LogP contribution >= 0.6 is 7.82 Å². The van der Waals surface area contributed by atoms with Crippen LogP contribution in [0.5, 0.6) is 0 Å². The lowest BCUT2D eigenvalue weighted by atomic mass is 10.1. The number of unbranched alkanes of at least 4 members (excludes halogenated alkanes) is 19. The number of allylic oxidation sites excluding steroid dienone is 4. The van der Waals surface area contributed by atoms with Crippen molar-refractivity contribution < 1.29 is 42.1 Å². The Morgan fingerprint density at radius 2 is 1.02 bits per heavy atom. The van der Waals surface area contributed by atoms with Gasteiger partial charge in [-0.05, 0) is 57.8 Å². The van der Waals surface area contributed by atoms with Crippen LogP contribution in [0.25, 0.3) is 0 Å². The molecule has 0 N–H and O–H groups in total. The number of likely N-dealkylation sites (N-methyl/N-ethyl adjacent to an activating group) is 1. The number of esters is 2.